The summed E-state index contributed by atoms with van der Waals surface area (Å²) in [6.45, 7) is 4.28. The summed E-state index contributed by atoms with van der Waals surface area (Å²) in [5, 5.41) is 0. The predicted octanol–water partition coefficient (Wildman–Crippen LogP) is 2.57. The molecule has 0 bridgehead atoms. The lowest BCUT2D eigenvalue weighted by molar-refractivity contribution is 0.948. The zero-order valence-electron chi connectivity index (χ0n) is 9.12. The zero-order valence-corrected chi connectivity index (χ0v) is 9.12. The van der Waals surface area contributed by atoms with Crippen LogP contribution in [-0.2, 0) is 0 Å². The van der Waals surface area contributed by atoms with Crippen molar-refractivity contribution in [2.75, 3.05) is 5.73 Å². The monoisotopic (exact) mass is 201 g/mol. The van der Waals surface area contributed by atoms with Gasteiger partial charge < -0.3 is 5.73 Å². The van der Waals surface area contributed by atoms with Crippen molar-refractivity contribution >= 4 is 11.5 Å². The van der Waals surface area contributed by atoms with Crippen LogP contribution in [0.2, 0.25) is 0 Å². The molecule has 1 aromatic heterocycles. The molecule has 0 unspecified atom stereocenters. The van der Waals surface area contributed by atoms with Crippen molar-refractivity contribution < 1.29 is 0 Å². The van der Waals surface area contributed by atoms with Crippen molar-refractivity contribution in [3.8, 4) is 0 Å². The van der Waals surface area contributed by atoms with Crippen LogP contribution < -0.4 is 5.73 Å². The summed E-state index contributed by atoms with van der Waals surface area (Å²) in [5.74, 6) is 0.339. The van der Waals surface area contributed by atoms with Crippen LogP contribution in [0.15, 0.2) is 29.5 Å². The molecule has 78 valence electrons. The maximum Gasteiger partial charge on any atom is 0.220 e. The van der Waals surface area contributed by atoms with Gasteiger partial charge in [-0.3, -0.25) is 0 Å². The highest BCUT2D eigenvalue weighted by Crippen LogP contribution is 2.31. The van der Waals surface area contributed by atoms with Crippen LogP contribution in [0.3, 0.4) is 0 Å². The quantitative estimate of drug-likeness (QED) is 0.759. The SMILES string of the molecule is CC1=CCCC(C)=C1c1ccnc(N)n1. The lowest BCUT2D eigenvalue weighted by Crippen LogP contribution is -2.02. The van der Waals surface area contributed by atoms with E-state index in [1.807, 2.05) is 6.07 Å². The van der Waals surface area contributed by atoms with Crippen LogP contribution >= 0.6 is 0 Å². The van der Waals surface area contributed by atoms with E-state index in [1.165, 1.54) is 16.7 Å². The maximum absolute atomic E-state index is 5.59. The molecular weight excluding hydrogens is 186 g/mol. The molecule has 15 heavy (non-hydrogen) atoms. The van der Waals surface area contributed by atoms with Crippen molar-refractivity contribution in [2.24, 2.45) is 0 Å². The molecule has 0 aromatic carbocycles. The van der Waals surface area contributed by atoms with Crippen molar-refractivity contribution in [3.05, 3.63) is 35.2 Å². The average molecular weight is 201 g/mol. The van der Waals surface area contributed by atoms with E-state index in [0.29, 0.717) is 5.95 Å². The summed E-state index contributed by atoms with van der Waals surface area (Å²) in [4.78, 5) is 8.17. The van der Waals surface area contributed by atoms with Crippen LogP contribution in [0.25, 0.3) is 5.57 Å². The summed E-state index contributed by atoms with van der Waals surface area (Å²) >= 11 is 0. The normalized spacial score (nSPS) is 16.5. The molecule has 0 radical (unpaired) electrons. The Labute approximate surface area is 89.7 Å². The van der Waals surface area contributed by atoms with Gasteiger partial charge in [0.25, 0.3) is 0 Å². The first-order chi connectivity index (χ1) is 7.18. The molecule has 3 heteroatoms. The summed E-state index contributed by atoms with van der Waals surface area (Å²) < 4.78 is 0. The summed E-state index contributed by atoms with van der Waals surface area (Å²) in [7, 11) is 0. The van der Waals surface area contributed by atoms with Gasteiger partial charge in [-0.05, 0) is 38.3 Å². The van der Waals surface area contributed by atoms with Gasteiger partial charge in [0.15, 0.2) is 0 Å². The third-order valence-electron chi connectivity index (χ3n) is 2.72. The van der Waals surface area contributed by atoms with Crippen LogP contribution in [0, 0.1) is 0 Å². The fourth-order valence-corrected chi connectivity index (χ4v) is 2.00. The highest BCUT2D eigenvalue weighted by atomic mass is 15.0. The van der Waals surface area contributed by atoms with Gasteiger partial charge in [0.2, 0.25) is 5.95 Å². The predicted molar refractivity (Wildman–Crippen MR) is 62.0 cm³/mol. The van der Waals surface area contributed by atoms with Gasteiger partial charge in [-0.1, -0.05) is 11.6 Å². The fourth-order valence-electron chi connectivity index (χ4n) is 2.00. The molecule has 0 spiro atoms. The van der Waals surface area contributed by atoms with E-state index in [-0.39, 0.29) is 0 Å². The lowest BCUT2D eigenvalue weighted by Gasteiger charge is -2.16. The van der Waals surface area contributed by atoms with Crippen LogP contribution in [0.5, 0.6) is 0 Å². The second-order valence-corrected chi connectivity index (χ2v) is 3.88. The van der Waals surface area contributed by atoms with E-state index < -0.39 is 0 Å². The number of aromatic nitrogens is 2. The Morgan fingerprint density at radius 1 is 1.33 bits per heavy atom. The van der Waals surface area contributed by atoms with Gasteiger partial charge in [0.05, 0.1) is 5.69 Å². The van der Waals surface area contributed by atoms with Crippen molar-refractivity contribution in [2.45, 2.75) is 26.7 Å². The van der Waals surface area contributed by atoms with Crippen LogP contribution in [0.4, 0.5) is 5.95 Å². The fraction of sp³-hybridized carbons (Fsp3) is 0.333. The Balaban J connectivity index is 2.50. The number of allylic oxidation sites excluding steroid dienone is 4. The van der Waals surface area contributed by atoms with E-state index >= 15 is 0 Å². The third-order valence-corrected chi connectivity index (χ3v) is 2.72. The molecule has 0 saturated carbocycles. The van der Waals surface area contributed by atoms with Crippen molar-refractivity contribution in [1.82, 2.24) is 9.97 Å². The molecule has 0 aliphatic heterocycles. The molecule has 2 N–H and O–H groups in total. The molecule has 0 saturated heterocycles. The minimum Gasteiger partial charge on any atom is -0.368 e. The van der Waals surface area contributed by atoms with Gasteiger partial charge in [-0.2, -0.15) is 0 Å². The number of hydrogen-bond acceptors (Lipinski definition) is 3. The molecule has 1 heterocycles. The Morgan fingerprint density at radius 2 is 2.13 bits per heavy atom. The number of hydrogen-bond donors (Lipinski definition) is 1. The molecule has 3 nitrogen and oxygen atoms in total. The summed E-state index contributed by atoms with van der Waals surface area (Å²) in [5.41, 5.74) is 10.4. The third kappa shape index (κ3) is 1.91. The standard InChI is InChI=1S/C12H15N3/c1-8-4-3-5-9(2)11(8)10-6-7-14-12(13)15-10/h4,6-7H,3,5H2,1-2H3,(H2,13,14,15). The molecule has 0 atom stereocenters. The number of nitrogen functional groups attached to an aromatic ring is 1. The number of nitrogens with zero attached hydrogens (tertiary/aromatic N) is 2. The van der Waals surface area contributed by atoms with Gasteiger partial charge in [0.1, 0.15) is 0 Å². The zero-order chi connectivity index (χ0) is 10.8. The minimum atomic E-state index is 0.339. The molecule has 0 amide bonds. The highest BCUT2D eigenvalue weighted by molar-refractivity contribution is 5.79. The average Bonchev–Trinajstić information content (AvgIpc) is 2.17. The van der Waals surface area contributed by atoms with E-state index in [2.05, 4.69) is 29.9 Å². The first-order valence-corrected chi connectivity index (χ1v) is 5.14. The molecule has 1 aliphatic carbocycles. The largest absolute Gasteiger partial charge is 0.368 e. The maximum atomic E-state index is 5.59. The van der Waals surface area contributed by atoms with E-state index in [9.17, 15) is 0 Å². The Bertz CT molecular complexity index is 444. The van der Waals surface area contributed by atoms with E-state index in [4.69, 9.17) is 5.73 Å². The molecule has 0 fully saturated rings. The highest BCUT2D eigenvalue weighted by Gasteiger charge is 2.13. The molecule has 1 aromatic rings. The van der Waals surface area contributed by atoms with Crippen LogP contribution in [-0.4, -0.2) is 9.97 Å². The van der Waals surface area contributed by atoms with Crippen molar-refractivity contribution in [1.29, 1.82) is 0 Å². The first kappa shape index (κ1) is 9.90. The van der Waals surface area contributed by atoms with E-state index in [0.717, 1.165) is 18.5 Å². The summed E-state index contributed by atoms with van der Waals surface area (Å²) in [6.07, 6.45) is 6.19. The second kappa shape index (κ2) is 3.85. The molecule has 1 aliphatic rings. The lowest BCUT2D eigenvalue weighted by atomic mass is 9.90. The van der Waals surface area contributed by atoms with Crippen LogP contribution in [0.1, 0.15) is 32.4 Å². The Kier molecular flexibility index (Phi) is 2.54. The summed E-state index contributed by atoms with van der Waals surface area (Å²) in [6, 6.07) is 1.91. The van der Waals surface area contributed by atoms with Gasteiger partial charge in [-0.25, -0.2) is 9.97 Å². The Hall–Kier alpha value is -1.64. The topological polar surface area (TPSA) is 51.8 Å². The first-order valence-electron chi connectivity index (χ1n) is 5.14. The van der Waals surface area contributed by atoms with E-state index in [1.54, 1.807) is 6.20 Å². The Morgan fingerprint density at radius 3 is 2.80 bits per heavy atom. The minimum absolute atomic E-state index is 0.339. The van der Waals surface area contributed by atoms with Gasteiger partial charge >= 0.3 is 0 Å². The van der Waals surface area contributed by atoms with Gasteiger partial charge in [-0.15, -0.1) is 0 Å². The smallest absolute Gasteiger partial charge is 0.220 e. The second-order valence-electron chi connectivity index (χ2n) is 3.88. The van der Waals surface area contributed by atoms with Crippen molar-refractivity contribution in [3.63, 3.8) is 0 Å². The molecular formula is C12H15N3. The van der Waals surface area contributed by atoms with Gasteiger partial charge in [0, 0.05) is 11.8 Å². The molecule has 2 rings (SSSR count). The number of rotatable bonds is 1. The number of nitrogens with two attached hydrogens (primary N) is 1. The number of anilines is 1.